The second-order valence-electron chi connectivity index (χ2n) is 11.1. The highest BCUT2D eigenvalue weighted by atomic mass is 16.5. The Bertz CT molecular complexity index is 1270. The van der Waals surface area contributed by atoms with E-state index in [2.05, 4.69) is 49.9 Å². The summed E-state index contributed by atoms with van der Waals surface area (Å²) in [6, 6.07) is 9.36. The molecule has 8 nitrogen and oxygen atoms in total. The number of rotatable bonds is 6. The van der Waals surface area contributed by atoms with Gasteiger partial charge in [-0.05, 0) is 68.4 Å². The molecular weight excluding hydrogens is 456 g/mol. The van der Waals surface area contributed by atoms with Gasteiger partial charge >= 0.3 is 6.03 Å². The van der Waals surface area contributed by atoms with Crippen molar-refractivity contribution in [3.05, 3.63) is 42.2 Å². The molecule has 1 aliphatic rings. The number of carbonyl (C=O) groups excluding carboxylic acids is 1. The number of aryl methyl sites for hydroxylation is 1. The van der Waals surface area contributed by atoms with Gasteiger partial charge in [0, 0.05) is 23.8 Å². The Kier molecular flexibility index (Phi) is 6.98. The van der Waals surface area contributed by atoms with Gasteiger partial charge in [-0.25, -0.2) is 14.8 Å². The molecule has 0 spiro atoms. The first-order chi connectivity index (χ1) is 17.0. The van der Waals surface area contributed by atoms with Gasteiger partial charge in [-0.15, -0.1) is 0 Å². The molecule has 36 heavy (non-hydrogen) atoms. The molecular formula is C28H36N4O4. The zero-order valence-electron chi connectivity index (χ0n) is 22.3. The molecule has 192 valence electrons. The number of fused-ring (bicyclic) bond motifs is 2. The van der Waals surface area contributed by atoms with Crippen LogP contribution in [0.15, 0.2) is 36.7 Å². The molecule has 2 amide bonds. The Morgan fingerprint density at radius 2 is 1.75 bits per heavy atom. The fraction of sp³-hybridized carbons (Fsp3) is 0.464. The molecule has 0 radical (unpaired) electrons. The van der Waals surface area contributed by atoms with E-state index < -0.39 is 0 Å². The topological polar surface area (TPSA) is 85.8 Å². The Hall–Kier alpha value is -3.55. The zero-order valence-corrected chi connectivity index (χ0v) is 22.3. The van der Waals surface area contributed by atoms with Gasteiger partial charge in [-0.3, -0.25) is 4.90 Å². The minimum atomic E-state index is -0.312. The summed E-state index contributed by atoms with van der Waals surface area (Å²) in [6.45, 7) is 11.4. The molecule has 1 aromatic heterocycles. The first kappa shape index (κ1) is 25.5. The third kappa shape index (κ3) is 5.64. The number of anilines is 1. The fourth-order valence-electron chi connectivity index (χ4n) is 5.13. The summed E-state index contributed by atoms with van der Waals surface area (Å²) in [7, 11) is 3.17. The predicted octanol–water partition coefficient (Wildman–Crippen LogP) is 6.12. The van der Waals surface area contributed by atoms with Crippen molar-refractivity contribution in [1.29, 1.82) is 0 Å². The van der Waals surface area contributed by atoms with E-state index in [1.807, 2.05) is 29.2 Å². The molecule has 4 rings (SSSR count). The first-order valence-corrected chi connectivity index (χ1v) is 12.3. The molecule has 0 aliphatic carbocycles. The number of aromatic nitrogens is 2. The Labute approximate surface area is 213 Å². The average Bonchev–Trinajstić information content (AvgIpc) is 2.81. The molecule has 0 atom stereocenters. The molecule has 0 unspecified atom stereocenters. The lowest BCUT2D eigenvalue weighted by atomic mass is 9.82. The maximum atomic E-state index is 13.2. The minimum absolute atomic E-state index is 0.0679. The lowest BCUT2D eigenvalue weighted by Gasteiger charge is -2.37. The molecule has 2 aromatic carbocycles. The maximum Gasteiger partial charge on any atom is 0.322 e. The number of hydrogen-bond donors (Lipinski definition) is 1. The lowest BCUT2D eigenvalue weighted by Crippen LogP contribution is -2.52. The summed E-state index contributed by atoms with van der Waals surface area (Å²) in [5, 5.41) is 3.95. The molecule has 8 heteroatoms. The molecule has 2 heterocycles. The van der Waals surface area contributed by atoms with Crippen LogP contribution in [0.3, 0.4) is 0 Å². The monoisotopic (exact) mass is 492 g/mol. The van der Waals surface area contributed by atoms with Crippen molar-refractivity contribution < 1.29 is 19.0 Å². The summed E-state index contributed by atoms with van der Waals surface area (Å²) in [5.41, 5.74) is 2.48. The highest BCUT2D eigenvalue weighted by molar-refractivity contribution is 5.94. The Morgan fingerprint density at radius 1 is 1.03 bits per heavy atom. The van der Waals surface area contributed by atoms with Crippen LogP contribution in [-0.2, 0) is 6.42 Å². The Balaban J connectivity index is 1.58. The van der Waals surface area contributed by atoms with Crippen molar-refractivity contribution in [2.24, 2.45) is 5.41 Å². The standard InChI is InChI=1S/C28H36N4O4/c1-27(2,3)16-28(4,5)31-26(33)32-12-8-9-18-13-19(10-11-22(18)32)36-25-20-14-23(34-6)24(35-7)15-21(20)29-17-30-25/h10-11,13-15,17H,8-9,12,16H2,1-7H3,(H,31,33). The normalized spacial score (nSPS) is 13.8. The van der Waals surface area contributed by atoms with Gasteiger partial charge in [0.05, 0.1) is 25.1 Å². The number of nitrogens with zero attached hydrogens (tertiary/aromatic N) is 3. The van der Waals surface area contributed by atoms with Gasteiger partial charge < -0.3 is 19.5 Å². The smallest absolute Gasteiger partial charge is 0.322 e. The van der Waals surface area contributed by atoms with E-state index in [-0.39, 0.29) is 17.0 Å². The number of nitrogens with one attached hydrogen (secondary N) is 1. The van der Waals surface area contributed by atoms with Gasteiger partial charge in [0.15, 0.2) is 11.5 Å². The number of amides is 2. The Morgan fingerprint density at radius 3 is 2.44 bits per heavy atom. The molecule has 1 aliphatic heterocycles. The minimum Gasteiger partial charge on any atom is -0.493 e. The van der Waals surface area contributed by atoms with Crippen molar-refractivity contribution in [3.8, 4) is 23.1 Å². The van der Waals surface area contributed by atoms with Crippen LogP contribution in [-0.4, -0.2) is 42.3 Å². The summed E-state index contributed by atoms with van der Waals surface area (Å²) in [6.07, 6.45) is 4.10. The number of ether oxygens (including phenoxy) is 3. The van der Waals surface area contributed by atoms with Crippen LogP contribution < -0.4 is 24.4 Å². The molecule has 0 saturated carbocycles. The summed E-state index contributed by atoms with van der Waals surface area (Å²) >= 11 is 0. The van der Waals surface area contributed by atoms with E-state index in [0.29, 0.717) is 35.2 Å². The first-order valence-electron chi connectivity index (χ1n) is 12.3. The quantitative estimate of drug-likeness (QED) is 0.446. The highest BCUT2D eigenvalue weighted by Crippen LogP contribution is 2.37. The largest absolute Gasteiger partial charge is 0.493 e. The van der Waals surface area contributed by atoms with E-state index in [4.69, 9.17) is 14.2 Å². The third-order valence-electron chi connectivity index (χ3n) is 6.15. The lowest BCUT2D eigenvalue weighted by molar-refractivity contribution is 0.215. The molecule has 0 bridgehead atoms. The predicted molar refractivity (Wildman–Crippen MR) is 142 cm³/mol. The van der Waals surface area contributed by atoms with Crippen molar-refractivity contribution in [2.75, 3.05) is 25.7 Å². The van der Waals surface area contributed by atoms with Crippen LogP contribution in [0.1, 0.15) is 53.0 Å². The average molecular weight is 493 g/mol. The van der Waals surface area contributed by atoms with E-state index in [1.54, 1.807) is 20.3 Å². The van der Waals surface area contributed by atoms with Crippen molar-refractivity contribution in [2.45, 2.75) is 59.4 Å². The molecule has 0 saturated heterocycles. The zero-order chi connectivity index (χ0) is 26.1. The van der Waals surface area contributed by atoms with Crippen LogP contribution in [0.5, 0.6) is 23.1 Å². The summed E-state index contributed by atoms with van der Waals surface area (Å²) < 4.78 is 17.0. The highest BCUT2D eigenvalue weighted by Gasteiger charge is 2.31. The molecule has 0 fully saturated rings. The van der Waals surface area contributed by atoms with Crippen molar-refractivity contribution in [1.82, 2.24) is 15.3 Å². The van der Waals surface area contributed by atoms with Gasteiger partial charge in [-0.1, -0.05) is 20.8 Å². The van der Waals surface area contributed by atoms with E-state index in [9.17, 15) is 4.79 Å². The summed E-state index contributed by atoms with van der Waals surface area (Å²) in [4.78, 5) is 23.8. The number of methoxy groups -OCH3 is 2. The third-order valence-corrected chi connectivity index (χ3v) is 6.15. The summed E-state index contributed by atoms with van der Waals surface area (Å²) in [5.74, 6) is 2.24. The number of carbonyl (C=O) groups is 1. The van der Waals surface area contributed by atoms with E-state index in [1.165, 1.54) is 6.33 Å². The van der Waals surface area contributed by atoms with Crippen LogP contribution in [0.4, 0.5) is 10.5 Å². The van der Waals surface area contributed by atoms with Crippen molar-refractivity contribution >= 4 is 22.6 Å². The number of benzene rings is 2. The van der Waals surface area contributed by atoms with Crippen LogP contribution >= 0.6 is 0 Å². The van der Waals surface area contributed by atoms with Gasteiger partial charge in [-0.2, -0.15) is 0 Å². The second kappa shape index (κ2) is 9.84. The fourth-order valence-corrected chi connectivity index (χ4v) is 5.13. The maximum absolute atomic E-state index is 13.2. The van der Waals surface area contributed by atoms with Gasteiger partial charge in [0.1, 0.15) is 12.1 Å². The molecule has 1 N–H and O–H groups in total. The SMILES string of the molecule is COc1cc2ncnc(Oc3ccc4c(c3)CCCN4C(=O)NC(C)(C)CC(C)(C)C)c2cc1OC. The molecule has 3 aromatic rings. The number of hydrogen-bond acceptors (Lipinski definition) is 6. The number of urea groups is 1. The van der Waals surface area contributed by atoms with Gasteiger partial charge in [0.25, 0.3) is 0 Å². The van der Waals surface area contributed by atoms with Crippen LogP contribution in [0, 0.1) is 5.41 Å². The van der Waals surface area contributed by atoms with Crippen LogP contribution in [0.2, 0.25) is 0 Å². The van der Waals surface area contributed by atoms with E-state index >= 15 is 0 Å². The second-order valence-corrected chi connectivity index (χ2v) is 11.1. The van der Waals surface area contributed by atoms with Crippen LogP contribution in [0.25, 0.3) is 10.9 Å². The van der Waals surface area contributed by atoms with Crippen molar-refractivity contribution in [3.63, 3.8) is 0 Å². The van der Waals surface area contributed by atoms with E-state index in [0.717, 1.165) is 35.9 Å². The van der Waals surface area contributed by atoms with Gasteiger partial charge in [0.2, 0.25) is 5.88 Å².